The molecule has 2 rings (SSSR count). The lowest BCUT2D eigenvalue weighted by Crippen LogP contribution is -1.93. The van der Waals surface area contributed by atoms with Crippen molar-refractivity contribution in [2.24, 2.45) is 5.10 Å². The van der Waals surface area contributed by atoms with E-state index in [1.54, 1.807) is 0 Å². The zero-order chi connectivity index (χ0) is 12.8. The van der Waals surface area contributed by atoms with Crippen molar-refractivity contribution in [1.29, 1.82) is 0 Å². The molecular formula is C14H9F2N2. The van der Waals surface area contributed by atoms with Crippen LogP contribution in [-0.2, 0) is 0 Å². The standard InChI is InChI=1S/C14H9F2N2/c15-12-7-8-13(16)14(10-12)18-17-9-3-6-11-4-1-2-5-11/h1-2,4-5,7-10,18H/b17-9+. The molecule has 0 heterocycles. The van der Waals surface area contributed by atoms with Gasteiger partial charge in [0.1, 0.15) is 11.6 Å². The molecule has 1 fully saturated rings. The second-order valence-corrected chi connectivity index (χ2v) is 3.44. The van der Waals surface area contributed by atoms with Gasteiger partial charge >= 0.3 is 0 Å². The van der Waals surface area contributed by atoms with Crippen LogP contribution in [0.5, 0.6) is 0 Å². The van der Waals surface area contributed by atoms with Gasteiger partial charge in [-0.15, -0.1) is 0 Å². The molecule has 89 valence electrons. The average Bonchev–Trinajstić information content (AvgIpc) is 2.86. The fourth-order valence-corrected chi connectivity index (χ4v) is 1.29. The van der Waals surface area contributed by atoms with Crippen molar-refractivity contribution in [3.8, 4) is 11.8 Å². The maximum atomic E-state index is 13.2. The Balaban J connectivity index is 1.88. The van der Waals surface area contributed by atoms with E-state index in [9.17, 15) is 8.78 Å². The van der Waals surface area contributed by atoms with Crippen molar-refractivity contribution in [1.82, 2.24) is 0 Å². The number of anilines is 1. The summed E-state index contributed by atoms with van der Waals surface area (Å²) in [5.41, 5.74) is 2.36. The zero-order valence-corrected chi connectivity index (χ0v) is 9.32. The minimum Gasteiger partial charge on any atom is -0.275 e. The van der Waals surface area contributed by atoms with Gasteiger partial charge in [0.2, 0.25) is 0 Å². The Labute approximate surface area is 105 Å². The molecule has 5 radical (unpaired) electrons. The largest absolute Gasteiger partial charge is 0.275 e. The van der Waals surface area contributed by atoms with Gasteiger partial charge in [-0.05, 0) is 37.8 Å². The van der Waals surface area contributed by atoms with E-state index in [-0.39, 0.29) is 5.69 Å². The first-order valence-corrected chi connectivity index (χ1v) is 5.21. The van der Waals surface area contributed by atoms with Gasteiger partial charge in [0.15, 0.2) is 0 Å². The normalized spacial score (nSPS) is 15.7. The number of nitrogens with one attached hydrogen (secondary N) is 1. The molecule has 1 aromatic rings. The number of halogens is 2. The SMILES string of the molecule is Fc1ccc(F)c(N/N=C/C#C[C]2[CH][CH][CH][CH]2)c1. The molecule has 4 heteroatoms. The van der Waals surface area contributed by atoms with Gasteiger partial charge in [0.05, 0.1) is 17.8 Å². The van der Waals surface area contributed by atoms with Crippen LogP contribution < -0.4 is 5.43 Å². The van der Waals surface area contributed by atoms with Gasteiger partial charge in [-0.25, -0.2) is 8.78 Å². The molecule has 0 spiro atoms. The van der Waals surface area contributed by atoms with E-state index in [1.165, 1.54) is 6.21 Å². The minimum atomic E-state index is -0.572. The second kappa shape index (κ2) is 6.15. The summed E-state index contributed by atoms with van der Waals surface area (Å²) in [6, 6.07) is 3.10. The monoisotopic (exact) mass is 243 g/mol. The number of hydrogen-bond donors (Lipinski definition) is 1. The van der Waals surface area contributed by atoms with E-state index < -0.39 is 11.6 Å². The Kier molecular flexibility index (Phi) is 4.30. The van der Waals surface area contributed by atoms with Gasteiger partial charge in [0, 0.05) is 6.07 Å². The Morgan fingerprint density at radius 3 is 2.72 bits per heavy atom. The highest BCUT2D eigenvalue weighted by atomic mass is 19.1. The van der Waals surface area contributed by atoms with Crippen LogP contribution in [0.3, 0.4) is 0 Å². The first-order valence-electron chi connectivity index (χ1n) is 5.21. The van der Waals surface area contributed by atoms with Gasteiger partial charge in [-0.3, -0.25) is 5.43 Å². The predicted molar refractivity (Wildman–Crippen MR) is 66.7 cm³/mol. The molecule has 1 saturated carbocycles. The van der Waals surface area contributed by atoms with Crippen LogP contribution in [0, 0.1) is 55.1 Å². The predicted octanol–water partition coefficient (Wildman–Crippen LogP) is 2.77. The third-order valence-corrected chi connectivity index (χ3v) is 2.12. The molecule has 0 unspecified atom stereocenters. The lowest BCUT2D eigenvalue weighted by atomic mass is 10.1. The number of nitrogens with zero attached hydrogens (tertiary/aromatic N) is 1. The summed E-state index contributed by atoms with van der Waals surface area (Å²) in [5, 5.41) is 3.69. The first kappa shape index (κ1) is 12.6. The van der Waals surface area contributed by atoms with Gasteiger partial charge < -0.3 is 0 Å². The molecule has 0 bridgehead atoms. The van der Waals surface area contributed by atoms with E-state index in [0.717, 1.165) is 24.1 Å². The molecule has 0 atom stereocenters. The van der Waals surface area contributed by atoms with Crippen molar-refractivity contribution in [2.45, 2.75) is 0 Å². The van der Waals surface area contributed by atoms with Crippen molar-refractivity contribution in [3.63, 3.8) is 0 Å². The third kappa shape index (κ3) is 3.56. The fraction of sp³-hybridized carbons (Fsp3) is 0. The molecular weight excluding hydrogens is 234 g/mol. The lowest BCUT2D eigenvalue weighted by Gasteiger charge is -2.00. The van der Waals surface area contributed by atoms with Crippen LogP contribution in [0.15, 0.2) is 23.3 Å². The number of hydrazone groups is 1. The van der Waals surface area contributed by atoms with Crippen LogP contribution in [0.1, 0.15) is 0 Å². The van der Waals surface area contributed by atoms with Crippen LogP contribution in [0.2, 0.25) is 0 Å². The number of hydrogen-bond acceptors (Lipinski definition) is 2. The summed E-state index contributed by atoms with van der Waals surface area (Å²) in [6.07, 6.45) is 8.77. The number of benzene rings is 1. The topological polar surface area (TPSA) is 24.4 Å². The molecule has 2 nitrogen and oxygen atoms in total. The van der Waals surface area contributed by atoms with Crippen LogP contribution in [0.4, 0.5) is 14.5 Å². The summed E-state index contributed by atoms with van der Waals surface area (Å²) >= 11 is 0. The van der Waals surface area contributed by atoms with E-state index in [4.69, 9.17) is 0 Å². The van der Waals surface area contributed by atoms with Crippen LogP contribution >= 0.6 is 0 Å². The summed E-state index contributed by atoms with van der Waals surface area (Å²) in [5.74, 6) is 5.27. The van der Waals surface area contributed by atoms with E-state index in [0.29, 0.717) is 0 Å². The molecule has 0 aliphatic heterocycles. The quantitative estimate of drug-likeness (QED) is 0.482. The zero-order valence-electron chi connectivity index (χ0n) is 9.32. The van der Waals surface area contributed by atoms with Crippen molar-refractivity contribution < 1.29 is 8.78 Å². The summed E-state index contributed by atoms with van der Waals surface area (Å²) in [6.45, 7) is 0. The Hall–Kier alpha value is -1.89. The highest BCUT2D eigenvalue weighted by Gasteiger charge is 2.13. The second-order valence-electron chi connectivity index (χ2n) is 3.44. The smallest absolute Gasteiger partial charge is 0.148 e. The highest BCUT2D eigenvalue weighted by Crippen LogP contribution is 2.21. The van der Waals surface area contributed by atoms with Crippen molar-refractivity contribution >= 4 is 11.9 Å². The summed E-state index contributed by atoms with van der Waals surface area (Å²) in [4.78, 5) is 0. The molecule has 18 heavy (non-hydrogen) atoms. The lowest BCUT2D eigenvalue weighted by molar-refractivity contribution is 0.603. The molecule has 0 saturated heterocycles. The summed E-state index contributed by atoms with van der Waals surface area (Å²) < 4.78 is 26.0. The van der Waals surface area contributed by atoms with Gasteiger partial charge in [0.25, 0.3) is 0 Å². The Morgan fingerprint density at radius 1 is 1.17 bits per heavy atom. The van der Waals surface area contributed by atoms with Gasteiger partial charge in [-0.2, -0.15) is 5.10 Å². The minimum absolute atomic E-state index is 0.0265. The molecule has 1 N–H and O–H groups in total. The van der Waals surface area contributed by atoms with E-state index >= 15 is 0 Å². The maximum Gasteiger partial charge on any atom is 0.148 e. The first-order chi connectivity index (χ1) is 8.75. The average molecular weight is 243 g/mol. The molecule has 0 amide bonds. The molecule has 1 aromatic carbocycles. The van der Waals surface area contributed by atoms with E-state index in [1.807, 2.05) is 25.7 Å². The maximum absolute atomic E-state index is 13.2. The Bertz CT molecular complexity index is 494. The number of rotatable bonds is 2. The highest BCUT2D eigenvalue weighted by molar-refractivity contribution is 5.80. The van der Waals surface area contributed by atoms with Crippen LogP contribution in [0.25, 0.3) is 0 Å². The van der Waals surface area contributed by atoms with Crippen molar-refractivity contribution in [3.05, 3.63) is 61.4 Å². The van der Waals surface area contributed by atoms with Crippen molar-refractivity contribution in [2.75, 3.05) is 5.43 Å². The van der Waals surface area contributed by atoms with Gasteiger partial charge in [-0.1, -0.05) is 11.8 Å². The molecule has 1 aliphatic carbocycles. The summed E-state index contributed by atoms with van der Waals surface area (Å²) in [7, 11) is 0. The third-order valence-electron chi connectivity index (χ3n) is 2.12. The van der Waals surface area contributed by atoms with E-state index in [2.05, 4.69) is 22.4 Å². The van der Waals surface area contributed by atoms with Crippen LogP contribution in [-0.4, -0.2) is 6.21 Å². The fourth-order valence-electron chi connectivity index (χ4n) is 1.29. The Morgan fingerprint density at radius 2 is 1.94 bits per heavy atom. The molecule has 1 aliphatic rings. The molecule has 0 aromatic heterocycles.